The molecule has 0 spiro atoms. The normalized spacial score (nSPS) is 16.0. The van der Waals surface area contributed by atoms with Crippen molar-refractivity contribution in [3.8, 4) is 5.75 Å². The van der Waals surface area contributed by atoms with E-state index in [9.17, 15) is 19.7 Å². The molecule has 1 saturated heterocycles. The van der Waals surface area contributed by atoms with E-state index in [1.54, 1.807) is 24.1 Å². The minimum Gasteiger partial charge on any atom is -0.497 e. The quantitative estimate of drug-likeness (QED) is 0.472. The Balaban J connectivity index is 1.33. The highest BCUT2D eigenvalue weighted by molar-refractivity contribution is 5.96. The number of hydrogen-bond acceptors (Lipinski definition) is 6. The lowest BCUT2D eigenvalue weighted by atomic mass is 10.1. The number of nitrogens with zero attached hydrogens (tertiary/aromatic N) is 3. The second kappa shape index (κ2) is 10.5. The van der Waals surface area contributed by atoms with Crippen molar-refractivity contribution in [1.82, 2.24) is 9.80 Å². The minimum atomic E-state index is -0.451. The third-order valence-electron chi connectivity index (χ3n) is 6.30. The lowest BCUT2D eigenvalue weighted by Gasteiger charge is -2.22. The van der Waals surface area contributed by atoms with Crippen LogP contribution in [0, 0.1) is 10.1 Å². The highest BCUT2D eigenvalue weighted by Gasteiger charge is 2.27. The highest BCUT2D eigenvalue weighted by atomic mass is 16.6. The average molecular weight is 467 g/mol. The number of nitro groups is 1. The van der Waals surface area contributed by atoms with Crippen LogP contribution < -0.4 is 10.1 Å². The zero-order chi connectivity index (χ0) is 24.1. The zero-order valence-electron chi connectivity index (χ0n) is 19.4. The summed E-state index contributed by atoms with van der Waals surface area (Å²) in [5, 5.41) is 14.7. The molecule has 0 atom stereocenters. The van der Waals surface area contributed by atoms with E-state index in [1.807, 2.05) is 29.2 Å². The molecule has 4 rings (SSSR count). The fourth-order valence-electron chi connectivity index (χ4n) is 4.14. The van der Waals surface area contributed by atoms with Crippen LogP contribution in [0.4, 0.5) is 11.4 Å². The molecule has 2 aromatic rings. The molecule has 34 heavy (non-hydrogen) atoms. The lowest BCUT2D eigenvalue weighted by molar-refractivity contribution is -0.384. The Bertz CT molecular complexity index is 1050. The minimum absolute atomic E-state index is 0.0660. The number of rotatable bonds is 8. The van der Waals surface area contributed by atoms with Crippen molar-refractivity contribution in [2.24, 2.45) is 0 Å². The Kier molecular flexibility index (Phi) is 7.30. The van der Waals surface area contributed by atoms with Gasteiger partial charge in [-0.15, -0.1) is 0 Å². The van der Waals surface area contributed by atoms with E-state index >= 15 is 0 Å². The van der Waals surface area contributed by atoms with Crippen molar-refractivity contribution in [2.45, 2.75) is 38.1 Å². The van der Waals surface area contributed by atoms with E-state index in [2.05, 4.69) is 5.32 Å². The predicted octanol–water partition coefficient (Wildman–Crippen LogP) is 3.49. The molecule has 0 aromatic heterocycles. The topological polar surface area (TPSA) is 105 Å². The van der Waals surface area contributed by atoms with Crippen molar-refractivity contribution in [3.05, 3.63) is 63.7 Å². The van der Waals surface area contributed by atoms with Gasteiger partial charge in [0.2, 0.25) is 5.91 Å². The molecule has 180 valence electrons. The molecule has 9 heteroatoms. The maximum Gasteiger partial charge on any atom is 0.293 e. The third kappa shape index (κ3) is 5.84. The van der Waals surface area contributed by atoms with Gasteiger partial charge in [0.25, 0.3) is 11.6 Å². The molecule has 0 radical (unpaired) electrons. The number of anilines is 1. The van der Waals surface area contributed by atoms with Crippen LogP contribution in [0.25, 0.3) is 0 Å². The molecule has 2 aliphatic rings. The third-order valence-corrected chi connectivity index (χ3v) is 6.30. The molecule has 0 bridgehead atoms. The van der Waals surface area contributed by atoms with Crippen LogP contribution in [0.15, 0.2) is 42.5 Å². The summed E-state index contributed by atoms with van der Waals surface area (Å²) in [6, 6.07) is 12.6. The maximum absolute atomic E-state index is 13.1. The van der Waals surface area contributed by atoms with E-state index in [4.69, 9.17) is 4.74 Å². The first-order valence-corrected chi connectivity index (χ1v) is 11.7. The molecular formula is C25H30N4O5. The van der Waals surface area contributed by atoms with Gasteiger partial charge in [-0.25, -0.2) is 0 Å². The summed E-state index contributed by atoms with van der Waals surface area (Å²) in [7, 11) is 1.62. The predicted molar refractivity (Wildman–Crippen MR) is 128 cm³/mol. The SMILES string of the molecule is COc1ccc(CCC(=O)N2CCCN(C(=O)c3ccc(NC4CC4)c([N+](=O)[O-])c3)CC2)cc1. The first-order valence-electron chi connectivity index (χ1n) is 11.7. The summed E-state index contributed by atoms with van der Waals surface area (Å²) in [4.78, 5) is 40.4. The summed E-state index contributed by atoms with van der Waals surface area (Å²) in [6.45, 7) is 1.96. The molecule has 9 nitrogen and oxygen atoms in total. The van der Waals surface area contributed by atoms with Gasteiger partial charge in [-0.1, -0.05) is 12.1 Å². The standard InChI is InChI=1S/C25H30N4O5/c1-34-21-9-3-18(4-10-21)5-12-24(30)27-13-2-14-28(16-15-27)25(31)19-6-11-22(26-20-7-8-20)23(17-19)29(32)33/h3-4,6,9-11,17,20,26H,2,5,7-8,12-16H2,1H3. The van der Waals surface area contributed by atoms with Crippen molar-refractivity contribution in [1.29, 1.82) is 0 Å². The number of ether oxygens (including phenoxy) is 1. The molecule has 1 saturated carbocycles. The summed E-state index contributed by atoms with van der Waals surface area (Å²) < 4.78 is 5.16. The van der Waals surface area contributed by atoms with E-state index in [0.29, 0.717) is 56.7 Å². The van der Waals surface area contributed by atoms with Gasteiger partial charge < -0.3 is 19.9 Å². The molecule has 1 aliphatic heterocycles. The zero-order valence-corrected chi connectivity index (χ0v) is 19.4. The Labute approximate surface area is 198 Å². The molecule has 0 unspecified atom stereocenters. The first kappa shape index (κ1) is 23.5. The van der Waals surface area contributed by atoms with Crippen molar-refractivity contribution in [3.63, 3.8) is 0 Å². The Morgan fingerprint density at radius 1 is 1.06 bits per heavy atom. The highest BCUT2D eigenvalue weighted by Crippen LogP contribution is 2.32. The van der Waals surface area contributed by atoms with Crippen LogP contribution in [-0.2, 0) is 11.2 Å². The van der Waals surface area contributed by atoms with Gasteiger partial charge in [0.15, 0.2) is 0 Å². The number of aryl methyl sites for hydroxylation is 1. The first-order chi connectivity index (χ1) is 16.4. The van der Waals surface area contributed by atoms with Crippen LogP contribution in [0.1, 0.15) is 41.6 Å². The molecule has 2 fully saturated rings. The molecular weight excluding hydrogens is 436 g/mol. The Morgan fingerprint density at radius 3 is 2.44 bits per heavy atom. The smallest absolute Gasteiger partial charge is 0.293 e. The number of methoxy groups -OCH3 is 1. The summed E-state index contributed by atoms with van der Waals surface area (Å²) in [5.41, 5.74) is 1.74. The van der Waals surface area contributed by atoms with E-state index in [0.717, 1.165) is 24.2 Å². The summed E-state index contributed by atoms with van der Waals surface area (Å²) in [5.74, 6) is 0.608. The largest absolute Gasteiger partial charge is 0.497 e. The molecule has 2 aromatic carbocycles. The number of carbonyl (C=O) groups is 2. The number of amides is 2. The van der Waals surface area contributed by atoms with Crippen LogP contribution in [0.3, 0.4) is 0 Å². The molecule has 1 aliphatic carbocycles. The second-order valence-electron chi connectivity index (χ2n) is 8.78. The van der Waals surface area contributed by atoms with Crippen LogP contribution in [0.2, 0.25) is 0 Å². The fraction of sp³-hybridized carbons (Fsp3) is 0.440. The van der Waals surface area contributed by atoms with Crippen molar-refractivity contribution >= 4 is 23.2 Å². The fourth-order valence-corrected chi connectivity index (χ4v) is 4.14. The number of hydrogen-bond donors (Lipinski definition) is 1. The monoisotopic (exact) mass is 466 g/mol. The van der Waals surface area contributed by atoms with Crippen LogP contribution in [0.5, 0.6) is 5.75 Å². The average Bonchev–Trinajstić information content (AvgIpc) is 3.69. The lowest BCUT2D eigenvalue weighted by Crippen LogP contribution is -2.37. The molecule has 1 N–H and O–H groups in total. The van der Waals surface area contributed by atoms with Gasteiger partial charge in [-0.2, -0.15) is 0 Å². The van der Waals surface area contributed by atoms with Crippen molar-refractivity contribution < 1.29 is 19.2 Å². The van der Waals surface area contributed by atoms with Gasteiger partial charge in [0, 0.05) is 50.3 Å². The number of carbonyl (C=O) groups excluding carboxylic acids is 2. The van der Waals surface area contributed by atoms with Gasteiger partial charge >= 0.3 is 0 Å². The van der Waals surface area contributed by atoms with E-state index < -0.39 is 4.92 Å². The summed E-state index contributed by atoms with van der Waals surface area (Å²) in [6.07, 6.45) is 3.72. The van der Waals surface area contributed by atoms with Crippen LogP contribution >= 0.6 is 0 Å². The van der Waals surface area contributed by atoms with Crippen LogP contribution in [-0.4, -0.2) is 65.9 Å². The Morgan fingerprint density at radius 2 is 1.76 bits per heavy atom. The van der Waals surface area contributed by atoms with Gasteiger partial charge in [-0.3, -0.25) is 19.7 Å². The van der Waals surface area contributed by atoms with E-state index in [1.165, 1.54) is 6.07 Å². The molecule has 1 heterocycles. The second-order valence-corrected chi connectivity index (χ2v) is 8.78. The van der Waals surface area contributed by atoms with Gasteiger partial charge in [0.1, 0.15) is 11.4 Å². The maximum atomic E-state index is 13.1. The number of nitrogens with one attached hydrogen (secondary N) is 1. The number of benzene rings is 2. The summed E-state index contributed by atoms with van der Waals surface area (Å²) >= 11 is 0. The van der Waals surface area contributed by atoms with E-state index in [-0.39, 0.29) is 23.5 Å². The van der Waals surface area contributed by atoms with Crippen molar-refractivity contribution in [2.75, 3.05) is 38.6 Å². The van der Waals surface area contributed by atoms with Gasteiger partial charge in [-0.05, 0) is 55.5 Å². The Hall–Kier alpha value is -3.62. The molecule has 2 amide bonds. The van der Waals surface area contributed by atoms with Gasteiger partial charge in [0.05, 0.1) is 12.0 Å². The number of nitro benzene ring substituents is 1.